The summed E-state index contributed by atoms with van der Waals surface area (Å²) < 4.78 is 5.16. The van der Waals surface area contributed by atoms with Crippen LogP contribution >= 0.6 is 11.6 Å². The zero-order chi connectivity index (χ0) is 18.5. The van der Waals surface area contributed by atoms with Crippen molar-refractivity contribution in [1.82, 2.24) is 15.2 Å². The molecule has 134 valence electrons. The van der Waals surface area contributed by atoms with Crippen molar-refractivity contribution in [3.05, 3.63) is 59.2 Å². The molecule has 6 nitrogen and oxygen atoms in total. The Morgan fingerprint density at radius 3 is 2.62 bits per heavy atom. The van der Waals surface area contributed by atoms with Gasteiger partial charge in [-0.2, -0.15) is 10.1 Å². The predicted octanol–water partition coefficient (Wildman–Crippen LogP) is 5.14. The van der Waals surface area contributed by atoms with Crippen molar-refractivity contribution in [2.75, 3.05) is 17.7 Å². The van der Waals surface area contributed by atoms with Crippen LogP contribution in [-0.4, -0.2) is 22.3 Å². The molecule has 0 aliphatic carbocycles. The van der Waals surface area contributed by atoms with E-state index >= 15 is 0 Å². The summed E-state index contributed by atoms with van der Waals surface area (Å²) in [7, 11) is 1.58. The second-order valence-corrected chi connectivity index (χ2v) is 6.41. The van der Waals surface area contributed by atoms with Gasteiger partial charge in [0.1, 0.15) is 5.75 Å². The number of hydrogen-bond donors (Lipinski definition) is 2. The summed E-state index contributed by atoms with van der Waals surface area (Å²) in [6.45, 7) is 4.29. The third-order valence-electron chi connectivity index (χ3n) is 3.81. The van der Waals surface area contributed by atoms with E-state index in [2.05, 4.69) is 45.7 Å². The van der Waals surface area contributed by atoms with Crippen LogP contribution in [0.1, 0.15) is 25.3 Å². The van der Waals surface area contributed by atoms with Gasteiger partial charge in [-0.25, -0.2) is 0 Å². The van der Waals surface area contributed by atoms with Crippen molar-refractivity contribution in [3.8, 4) is 5.75 Å². The first-order valence-electron chi connectivity index (χ1n) is 8.23. The van der Waals surface area contributed by atoms with Gasteiger partial charge in [0, 0.05) is 11.4 Å². The molecule has 1 aromatic heterocycles. The van der Waals surface area contributed by atoms with Crippen LogP contribution < -0.4 is 15.4 Å². The number of halogens is 1. The van der Waals surface area contributed by atoms with E-state index in [1.54, 1.807) is 25.4 Å². The minimum Gasteiger partial charge on any atom is -0.495 e. The van der Waals surface area contributed by atoms with Gasteiger partial charge in [0.15, 0.2) is 5.82 Å². The molecule has 0 aliphatic heterocycles. The molecule has 1 heterocycles. The van der Waals surface area contributed by atoms with Crippen LogP contribution in [0.15, 0.2) is 48.7 Å². The maximum Gasteiger partial charge on any atom is 0.249 e. The van der Waals surface area contributed by atoms with E-state index in [4.69, 9.17) is 16.3 Å². The summed E-state index contributed by atoms with van der Waals surface area (Å²) in [4.78, 5) is 4.47. The van der Waals surface area contributed by atoms with Crippen LogP contribution in [0.3, 0.4) is 0 Å². The highest BCUT2D eigenvalue weighted by molar-refractivity contribution is 6.32. The van der Waals surface area contributed by atoms with Crippen molar-refractivity contribution in [1.29, 1.82) is 0 Å². The first-order valence-corrected chi connectivity index (χ1v) is 8.61. The van der Waals surface area contributed by atoms with Crippen molar-refractivity contribution in [3.63, 3.8) is 0 Å². The van der Waals surface area contributed by atoms with Crippen LogP contribution in [-0.2, 0) is 0 Å². The lowest BCUT2D eigenvalue weighted by atomic mass is 10.0. The van der Waals surface area contributed by atoms with E-state index in [1.807, 2.05) is 24.3 Å². The number of methoxy groups -OCH3 is 1. The highest BCUT2D eigenvalue weighted by atomic mass is 35.5. The van der Waals surface area contributed by atoms with Gasteiger partial charge in [-0.05, 0) is 35.7 Å². The van der Waals surface area contributed by atoms with Crippen LogP contribution in [0, 0.1) is 0 Å². The third kappa shape index (κ3) is 4.21. The number of benzene rings is 2. The Balaban J connectivity index is 1.80. The highest BCUT2D eigenvalue weighted by Gasteiger charge is 2.09. The Morgan fingerprint density at radius 1 is 1.08 bits per heavy atom. The quantitative estimate of drug-likeness (QED) is 0.626. The first-order chi connectivity index (χ1) is 12.6. The van der Waals surface area contributed by atoms with E-state index in [0.29, 0.717) is 28.5 Å². The Labute approximate surface area is 157 Å². The largest absolute Gasteiger partial charge is 0.495 e. The highest BCUT2D eigenvalue weighted by Crippen LogP contribution is 2.29. The number of ether oxygens (including phenoxy) is 1. The lowest BCUT2D eigenvalue weighted by molar-refractivity contribution is 0.415. The summed E-state index contributed by atoms with van der Waals surface area (Å²) in [5, 5.41) is 15.0. The third-order valence-corrected chi connectivity index (χ3v) is 4.11. The minimum absolute atomic E-state index is 0.384. The van der Waals surface area contributed by atoms with Crippen LogP contribution in [0.5, 0.6) is 5.75 Å². The maximum absolute atomic E-state index is 6.16. The second kappa shape index (κ2) is 8.01. The fourth-order valence-electron chi connectivity index (χ4n) is 2.54. The molecular formula is C19H20ClN5O. The molecule has 0 spiro atoms. The van der Waals surface area contributed by atoms with Crippen LogP contribution in [0.2, 0.25) is 5.02 Å². The minimum atomic E-state index is 0.384. The number of hydrogen-bond acceptors (Lipinski definition) is 6. The lowest BCUT2D eigenvalue weighted by Crippen LogP contribution is -2.04. The lowest BCUT2D eigenvalue weighted by Gasteiger charge is -2.13. The molecule has 3 rings (SSSR count). The van der Waals surface area contributed by atoms with E-state index in [-0.39, 0.29) is 0 Å². The number of nitrogens with zero attached hydrogens (tertiary/aromatic N) is 3. The number of anilines is 4. The van der Waals surface area contributed by atoms with Crippen molar-refractivity contribution >= 4 is 34.7 Å². The molecule has 0 saturated heterocycles. The standard InChI is InChI=1S/C19H20ClN5O/c1-12(2)14-6-4-5-7-16(14)23-19-24-18(11-21-25-19)22-13-8-9-17(26-3)15(20)10-13/h4-12H,1-3H3,(H2,22,23,24,25). The Hall–Kier alpha value is -2.86. The van der Waals surface area contributed by atoms with Crippen LogP contribution in [0.4, 0.5) is 23.1 Å². The molecule has 0 saturated carbocycles. The van der Waals surface area contributed by atoms with Gasteiger partial charge in [0.2, 0.25) is 5.95 Å². The van der Waals surface area contributed by atoms with E-state index in [1.165, 1.54) is 5.56 Å². The zero-order valence-corrected chi connectivity index (χ0v) is 15.6. The molecule has 3 aromatic rings. The fourth-order valence-corrected chi connectivity index (χ4v) is 2.80. The molecule has 2 N–H and O–H groups in total. The molecule has 0 radical (unpaired) electrons. The zero-order valence-electron chi connectivity index (χ0n) is 14.8. The van der Waals surface area contributed by atoms with Gasteiger partial charge in [0.05, 0.1) is 18.3 Å². The Kier molecular flexibility index (Phi) is 5.53. The normalized spacial score (nSPS) is 10.7. The molecule has 0 aliphatic rings. The Bertz CT molecular complexity index is 901. The SMILES string of the molecule is COc1ccc(Nc2cnnc(Nc3ccccc3C(C)C)n2)cc1Cl. The summed E-state index contributed by atoms with van der Waals surface area (Å²) in [5.74, 6) is 1.98. The second-order valence-electron chi connectivity index (χ2n) is 6.01. The van der Waals surface area contributed by atoms with E-state index in [0.717, 1.165) is 11.4 Å². The number of aromatic nitrogens is 3. The monoisotopic (exact) mass is 369 g/mol. The molecule has 2 aromatic carbocycles. The van der Waals surface area contributed by atoms with E-state index in [9.17, 15) is 0 Å². The van der Waals surface area contributed by atoms with Crippen molar-refractivity contribution in [2.45, 2.75) is 19.8 Å². The molecule has 26 heavy (non-hydrogen) atoms. The van der Waals surface area contributed by atoms with Gasteiger partial charge in [-0.3, -0.25) is 0 Å². The molecule has 0 fully saturated rings. The summed E-state index contributed by atoms with van der Waals surface area (Å²) >= 11 is 6.16. The maximum atomic E-state index is 6.16. The van der Waals surface area contributed by atoms with Gasteiger partial charge in [-0.1, -0.05) is 43.6 Å². The summed E-state index contributed by atoms with van der Waals surface area (Å²) in [6.07, 6.45) is 1.55. The molecule has 0 atom stereocenters. The molecule has 0 unspecified atom stereocenters. The van der Waals surface area contributed by atoms with Crippen molar-refractivity contribution < 1.29 is 4.74 Å². The first kappa shape index (κ1) is 17.9. The number of nitrogens with one attached hydrogen (secondary N) is 2. The summed E-state index contributed by atoms with van der Waals surface area (Å²) in [6, 6.07) is 13.5. The molecule has 0 bridgehead atoms. The average molecular weight is 370 g/mol. The predicted molar refractivity (Wildman–Crippen MR) is 105 cm³/mol. The Morgan fingerprint density at radius 2 is 1.88 bits per heavy atom. The number of rotatable bonds is 6. The average Bonchev–Trinajstić information content (AvgIpc) is 2.62. The smallest absolute Gasteiger partial charge is 0.249 e. The van der Waals surface area contributed by atoms with Gasteiger partial charge < -0.3 is 15.4 Å². The van der Waals surface area contributed by atoms with Gasteiger partial charge in [0.25, 0.3) is 0 Å². The molecular weight excluding hydrogens is 350 g/mol. The fraction of sp³-hybridized carbons (Fsp3) is 0.211. The topological polar surface area (TPSA) is 72.0 Å². The van der Waals surface area contributed by atoms with Gasteiger partial charge >= 0.3 is 0 Å². The molecule has 7 heteroatoms. The van der Waals surface area contributed by atoms with E-state index < -0.39 is 0 Å². The van der Waals surface area contributed by atoms with Gasteiger partial charge in [-0.15, -0.1) is 5.10 Å². The summed E-state index contributed by atoms with van der Waals surface area (Å²) in [5.41, 5.74) is 2.94. The molecule has 0 amide bonds. The number of para-hydroxylation sites is 1. The van der Waals surface area contributed by atoms with Crippen LogP contribution in [0.25, 0.3) is 0 Å². The van der Waals surface area contributed by atoms with Crippen molar-refractivity contribution in [2.24, 2.45) is 0 Å².